The third kappa shape index (κ3) is 2.06. The van der Waals surface area contributed by atoms with Gasteiger partial charge >= 0.3 is 0 Å². The van der Waals surface area contributed by atoms with Crippen LogP contribution >= 0.6 is 0 Å². The van der Waals surface area contributed by atoms with Crippen molar-refractivity contribution in [3.8, 4) is 0 Å². The summed E-state index contributed by atoms with van der Waals surface area (Å²) < 4.78 is 28.0. The average molecular weight is 272 g/mol. The normalized spacial score (nSPS) is 19.6. The quantitative estimate of drug-likeness (QED) is 0.855. The molecule has 7 heteroatoms. The number of aryl methyl sites for hydroxylation is 1. The molecule has 1 fully saturated rings. The summed E-state index contributed by atoms with van der Waals surface area (Å²) in [5, 5.41) is 3.92. The molecule has 18 heavy (non-hydrogen) atoms. The van der Waals surface area contributed by atoms with Crippen molar-refractivity contribution in [2.45, 2.75) is 36.1 Å². The number of sulfonamides is 1. The first kappa shape index (κ1) is 13.5. The molecule has 0 saturated heterocycles. The number of hydrogen-bond donors (Lipinski definition) is 1. The number of rotatable bonds is 4. The summed E-state index contributed by atoms with van der Waals surface area (Å²) in [5.74, 6) is 0. The van der Waals surface area contributed by atoms with Gasteiger partial charge in [-0.3, -0.25) is 4.68 Å². The summed E-state index contributed by atoms with van der Waals surface area (Å²) in [6, 6.07) is 0. The molecule has 1 aromatic heterocycles. The zero-order chi connectivity index (χ0) is 13.4. The molecule has 0 unspecified atom stereocenters. The molecule has 0 bridgehead atoms. The highest BCUT2D eigenvalue weighted by molar-refractivity contribution is 7.89. The van der Waals surface area contributed by atoms with Crippen molar-refractivity contribution >= 4 is 10.0 Å². The Kier molecular flexibility index (Phi) is 3.48. The lowest BCUT2D eigenvalue weighted by Crippen LogP contribution is -2.52. The molecular weight excluding hydrogens is 252 g/mol. The molecule has 0 aromatic carbocycles. The minimum Gasteiger partial charge on any atom is -0.329 e. The number of nitrogens with zero attached hydrogens (tertiary/aromatic N) is 3. The van der Waals surface area contributed by atoms with E-state index in [1.54, 1.807) is 14.1 Å². The lowest BCUT2D eigenvalue weighted by molar-refractivity contribution is 0.230. The standard InChI is InChI=1S/C11H20N4O2S/c1-14-8-10(7-13-14)18(16,17)15(2)11(9-12)5-3-4-6-11/h7-8H,3-6,9,12H2,1-2H3. The van der Waals surface area contributed by atoms with E-state index in [9.17, 15) is 8.42 Å². The molecule has 6 nitrogen and oxygen atoms in total. The van der Waals surface area contributed by atoms with Crippen molar-refractivity contribution in [1.29, 1.82) is 0 Å². The molecule has 1 heterocycles. The Hall–Kier alpha value is -0.920. The maximum absolute atomic E-state index is 12.5. The summed E-state index contributed by atoms with van der Waals surface area (Å²) in [7, 11) is -0.175. The van der Waals surface area contributed by atoms with E-state index >= 15 is 0 Å². The summed E-state index contributed by atoms with van der Waals surface area (Å²) >= 11 is 0. The fraction of sp³-hybridized carbons (Fsp3) is 0.727. The van der Waals surface area contributed by atoms with E-state index < -0.39 is 15.6 Å². The van der Waals surface area contributed by atoms with Gasteiger partial charge in [-0.05, 0) is 12.8 Å². The summed E-state index contributed by atoms with van der Waals surface area (Å²) in [5.41, 5.74) is 5.40. The van der Waals surface area contributed by atoms with Gasteiger partial charge in [0.1, 0.15) is 4.90 Å². The van der Waals surface area contributed by atoms with Crippen LogP contribution in [0.25, 0.3) is 0 Å². The minimum absolute atomic E-state index is 0.229. The highest BCUT2D eigenvalue weighted by Crippen LogP contribution is 2.36. The van der Waals surface area contributed by atoms with Crippen LogP contribution in [-0.2, 0) is 17.1 Å². The molecule has 1 saturated carbocycles. The van der Waals surface area contributed by atoms with Crippen molar-refractivity contribution in [3.63, 3.8) is 0 Å². The van der Waals surface area contributed by atoms with Crippen LogP contribution < -0.4 is 5.73 Å². The SMILES string of the molecule is CN(C1(CN)CCCC1)S(=O)(=O)c1cnn(C)c1. The molecular formula is C11H20N4O2S. The van der Waals surface area contributed by atoms with Crippen molar-refractivity contribution in [3.05, 3.63) is 12.4 Å². The second kappa shape index (κ2) is 4.64. The van der Waals surface area contributed by atoms with Crippen LogP contribution in [0.1, 0.15) is 25.7 Å². The van der Waals surface area contributed by atoms with E-state index in [0.29, 0.717) is 6.54 Å². The van der Waals surface area contributed by atoms with Gasteiger partial charge in [0, 0.05) is 32.4 Å². The lowest BCUT2D eigenvalue weighted by Gasteiger charge is -2.36. The van der Waals surface area contributed by atoms with Gasteiger partial charge in [-0.2, -0.15) is 9.40 Å². The summed E-state index contributed by atoms with van der Waals surface area (Å²) in [6.45, 7) is 0.364. The van der Waals surface area contributed by atoms with Crippen molar-refractivity contribution in [2.75, 3.05) is 13.6 Å². The third-order valence-corrected chi connectivity index (χ3v) is 5.84. The predicted molar refractivity (Wildman–Crippen MR) is 68.4 cm³/mol. The fourth-order valence-electron chi connectivity index (χ4n) is 2.63. The Bertz CT molecular complexity index is 517. The maximum Gasteiger partial charge on any atom is 0.246 e. The van der Waals surface area contributed by atoms with Crippen LogP contribution in [0.3, 0.4) is 0 Å². The van der Waals surface area contributed by atoms with E-state index in [0.717, 1.165) is 25.7 Å². The van der Waals surface area contributed by atoms with Gasteiger partial charge in [-0.25, -0.2) is 8.42 Å². The molecule has 2 N–H and O–H groups in total. The second-order valence-electron chi connectivity index (χ2n) is 4.96. The van der Waals surface area contributed by atoms with Gasteiger partial charge in [0.15, 0.2) is 0 Å². The van der Waals surface area contributed by atoms with Crippen LogP contribution in [-0.4, -0.2) is 41.6 Å². The highest BCUT2D eigenvalue weighted by Gasteiger charge is 2.43. The smallest absolute Gasteiger partial charge is 0.246 e. The van der Waals surface area contributed by atoms with Gasteiger partial charge in [-0.15, -0.1) is 0 Å². The topological polar surface area (TPSA) is 81.2 Å². The molecule has 0 aliphatic heterocycles. The molecule has 0 amide bonds. The van der Waals surface area contributed by atoms with Gasteiger partial charge in [0.05, 0.1) is 6.20 Å². The second-order valence-corrected chi connectivity index (χ2v) is 6.93. The average Bonchev–Trinajstić information content (AvgIpc) is 2.97. The van der Waals surface area contributed by atoms with Crippen LogP contribution in [0, 0.1) is 0 Å². The van der Waals surface area contributed by atoms with E-state index in [1.807, 2.05) is 0 Å². The van der Waals surface area contributed by atoms with E-state index in [-0.39, 0.29) is 4.90 Å². The first-order valence-electron chi connectivity index (χ1n) is 6.10. The molecule has 0 atom stereocenters. The Morgan fingerprint density at radius 3 is 2.56 bits per heavy atom. The number of likely N-dealkylation sites (N-methyl/N-ethyl adjacent to an activating group) is 1. The first-order valence-corrected chi connectivity index (χ1v) is 7.54. The molecule has 102 valence electrons. The molecule has 1 aliphatic carbocycles. The lowest BCUT2D eigenvalue weighted by atomic mass is 9.98. The number of hydrogen-bond acceptors (Lipinski definition) is 4. The van der Waals surface area contributed by atoms with Gasteiger partial charge in [0.25, 0.3) is 0 Å². The Morgan fingerprint density at radius 2 is 2.11 bits per heavy atom. The van der Waals surface area contributed by atoms with Crippen molar-refractivity contribution in [2.24, 2.45) is 12.8 Å². The Morgan fingerprint density at radius 1 is 1.50 bits per heavy atom. The Balaban J connectivity index is 2.35. The van der Waals surface area contributed by atoms with E-state index in [2.05, 4.69) is 5.10 Å². The molecule has 1 aliphatic rings. The number of aromatic nitrogens is 2. The van der Waals surface area contributed by atoms with Gasteiger partial charge in [0.2, 0.25) is 10.0 Å². The fourth-order valence-corrected chi connectivity index (χ4v) is 4.18. The van der Waals surface area contributed by atoms with Crippen molar-refractivity contribution in [1.82, 2.24) is 14.1 Å². The Labute approximate surface area is 108 Å². The van der Waals surface area contributed by atoms with Gasteiger partial charge in [-0.1, -0.05) is 12.8 Å². The summed E-state index contributed by atoms with van der Waals surface area (Å²) in [6.07, 6.45) is 6.63. The van der Waals surface area contributed by atoms with Gasteiger partial charge < -0.3 is 5.73 Å². The minimum atomic E-state index is -3.50. The largest absolute Gasteiger partial charge is 0.329 e. The van der Waals surface area contributed by atoms with E-state index in [4.69, 9.17) is 5.73 Å². The third-order valence-electron chi connectivity index (χ3n) is 3.92. The molecule has 1 aromatic rings. The molecule has 0 radical (unpaired) electrons. The van der Waals surface area contributed by atoms with Crippen LogP contribution in [0.2, 0.25) is 0 Å². The zero-order valence-electron chi connectivity index (χ0n) is 10.8. The summed E-state index contributed by atoms with van der Waals surface area (Å²) in [4.78, 5) is 0.229. The molecule has 0 spiro atoms. The van der Waals surface area contributed by atoms with E-state index in [1.165, 1.54) is 21.4 Å². The van der Waals surface area contributed by atoms with Crippen molar-refractivity contribution < 1.29 is 8.42 Å². The number of nitrogens with two attached hydrogens (primary N) is 1. The van der Waals surface area contributed by atoms with Crippen LogP contribution in [0.15, 0.2) is 17.3 Å². The van der Waals surface area contributed by atoms with Crippen LogP contribution in [0.5, 0.6) is 0 Å². The van der Waals surface area contributed by atoms with Crippen LogP contribution in [0.4, 0.5) is 0 Å². The zero-order valence-corrected chi connectivity index (χ0v) is 11.7. The molecule has 2 rings (SSSR count). The predicted octanol–water partition coefficient (Wildman–Crippen LogP) is 0.312. The first-order chi connectivity index (χ1) is 8.42. The monoisotopic (exact) mass is 272 g/mol. The maximum atomic E-state index is 12.5. The highest BCUT2D eigenvalue weighted by atomic mass is 32.2.